The fourth-order valence-electron chi connectivity index (χ4n) is 2.74. The van der Waals surface area contributed by atoms with Gasteiger partial charge in [0.2, 0.25) is 0 Å². The van der Waals surface area contributed by atoms with Crippen molar-refractivity contribution in [3.05, 3.63) is 0 Å². The van der Waals surface area contributed by atoms with Gasteiger partial charge < -0.3 is 11.1 Å². The lowest BCUT2D eigenvalue weighted by Crippen LogP contribution is -2.45. The van der Waals surface area contributed by atoms with E-state index in [2.05, 4.69) is 24.2 Å². The molecule has 0 heterocycles. The highest BCUT2D eigenvalue weighted by atomic mass is 15.2. The minimum Gasteiger partial charge on any atom is -0.328 e. The Kier molecular flexibility index (Phi) is 4.22. The Balaban J connectivity index is 1.65. The van der Waals surface area contributed by atoms with E-state index < -0.39 is 0 Å². The standard InChI is InChI=1S/C13H27N3/c1-10(16(2)13-6-7-13)9-15-12-5-3-4-11(14)8-12/h10-13,15H,3-9,14H2,1-2H3. The molecule has 0 radical (unpaired) electrons. The summed E-state index contributed by atoms with van der Waals surface area (Å²) in [6, 6.07) is 2.62. The molecule has 0 bridgehead atoms. The van der Waals surface area contributed by atoms with Gasteiger partial charge in [0, 0.05) is 30.7 Å². The fourth-order valence-corrected chi connectivity index (χ4v) is 2.74. The summed E-state index contributed by atoms with van der Waals surface area (Å²) >= 11 is 0. The van der Waals surface area contributed by atoms with Gasteiger partial charge in [-0.3, -0.25) is 4.90 Å². The molecule has 16 heavy (non-hydrogen) atoms. The molecule has 0 saturated heterocycles. The smallest absolute Gasteiger partial charge is 0.0192 e. The summed E-state index contributed by atoms with van der Waals surface area (Å²) in [5.41, 5.74) is 6.00. The average Bonchev–Trinajstić information content (AvgIpc) is 3.09. The first-order valence-corrected chi connectivity index (χ1v) is 6.87. The van der Waals surface area contributed by atoms with Crippen molar-refractivity contribution in [3.63, 3.8) is 0 Å². The highest BCUT2D eigenvalue weighted by Crippen LogP contribution is 2.26. The van der Waals surface area contributed by atoms with Crippen LogP contribution in [0.1, 0.15) is 45.4 Å². The van der Waals surface area contributed by atoms with E-state index in [4.69, 9.17) is 5.73 Å². The van der Waals surface area contributed by atoms with Crippen LogP contribution in [0, 0.1) is 0 Å². The van der Waals surface area contributed by atoms with Crippen LogP contribution in [0.25, 0.3) is 0 Å². The molecule has 0 spiro atoms. The van der Waals surface area contributed by atoms with Crippen LogP contribution in [0.2, 0.25) is 0 Å². The number of hydrogen-bond acceptors (Lipinski definition) is 3. The molecule has 2 saturated carbocycles. The molecule has 0 amide bonds. The molecule has 2 aliphatic rings. The second kappa shape index (κ2) is 5.48. The zero-order valence-electron chi connectivity index (χ0n) is 10.8. The highest BCUT2D eigenvalue weighted by molar-refractivity contribution is 4.87. The van der Waals surface area contributed by atoms with Crippen molar-refractivity contribution in [1.82, 2.24) is 10.2 Å². The topological polar surface area (TPSA) is 41.3 Å². The summed E-state index contributed by atoms with van der Waals surface area (Å²) in [6.45, 7) is 3.44. The number of likely N-dealkylation sites (N-methyl/N-ethyl adjacent to an activating group) is 1. The van der Waals surface area contributed by atoms with Gasteiger partial charge in [0.05, 0.1) is 0 Å². The highest BCUT2D eigenvalue weighted by Gasteiger charge is 2.29. The summed E-state index contributed by atoms with van der Waals surface area (Å²) in [5, 5.41) is 3.69. The van der Waals surface area contributed by atoms with E-state index in [0.717, 1.165) is 12.6 Å². The van der Waals surface area contributed by atoms with Gasteiger partial charge in [-0.15, -0.1) is 0 Å². The zero-order chi connectivity index (χ0) is 11.5. The van der Waals surface area contributed by atoms with Crippen molar-refractivity contribution in [3.8, 4) is 0 Å². The van der Waals surface area contributed by atoms with Crippen molar-refractivity contribution in [2.24, 2.45) is 5.73 Å². The van der Waals surface area contributed by atoms with Crippen LogP contribution in [0.4, 0.5) is 0 Å². The third kappa shape index (κ3) is 3.44. The molecule has 2 fully saturated rings. The molecule has 0 aliphatic heterocycles. The van der Waals surface area contributed by atoms with Crippen molar-refractivity contribution in [2.45, 2.75) is 69.6 Å². The first-order valence-electron chi connectivity index (χ1n) is 6.87. The molecule has 3 unspecified atom stereocenters. The Bertz CT molecular complexity index is 213. The number of hydrogen-bond donors (Lipinski definition) is 2. The summed E-state index contributed by atoms with van der Waals surface area (Å²) < 4.78 is 0. The quantitative estimate of drug-likeness (QED) is 0.741. The normalized spacial score (nSPS) is 33.0. The van der Waals surface area contributed by atoms with E-state index in [-0.39, 0.29) is 0 Å². The second-order valence-corrected chi connectivity index (χ2v) is 5.78. The lowest BCUT2D eigenvalue weighted by atomic mass is 9.91. The van der Waals surface area contributed by atoms with Crippen LogP contribution in [0.15, 0.2) is 0 Å². The van der Waals surface area contributed by atoms with E-state index >= 15 is 0 Å². The molecule has 3 heteroatoms. The van der Waals surface area contributed by atoms with Gasteiger partial charge in [-0.05, 0) is 46.1 Å². The van der Waals surface area contributed by atoms with E-state index in [1.54, 1.807) is 0 Å². The van der Waals surface area contributed by atoms with Crippen LogP contribution >= 0.6 is 0 Å². The predicted molar refractivity (Wildman–Crippen MR) is 68.5 cm³/mol. The van der Waals surface area contributed by atoms with Crippen LogP contribution in [0.5, 0.6) is 0 Å². The fraction of sp³-hybridized carbons (Fsp3) is 1.00. The Morgan fingerprint density at radius 3 is 2.69 bits per heavy atom. The van der Waals surface area contributed by atoms with E-state index in [1.165, 1.54) is 38.5 Å². The molecule has 0 aromatic heterocycles. The zero-order valence-corrected chi connectivity index (χ0v) is 10.8. The van der Waals surface area contributed by atoms with E-state index in [0.29, 0.717) is 18.1 Å². The summed E-state index contributed by atoms with van der Waals surface area (Å²) in [4.78, 5) is 2.52. The van der Waals surface area contributed by atoms with Gasteiger partial charge in [0.25, 0.3) is 0 Å². The molecule has 3 atom stereocenters. The first kappa shape index (κ1) is 12.3. The predicted octanol–water partition coefficient (Wildman–Crippen LogP) is 1.33. The Labute approximate surface area is 99.8 Å². The molecule has 2 aliphatic carbocycles. The largest absolute Gasteiger partial charge is 0.328 e. The first-order chi connectivity index (χ1) is 7.66. The minimum absolute atomic E-state index is 0.433. The van der Waals surface area contributed by atoms with Gasteiger partial charge in [-0.1, -0.05) is 6.42 Å². The molecular weight excluding hydrogens is 198 g/mol. The van der Waals surface area contributed by atoms with Crippen molar-refractivity contribution in [1.29, 1.82) is 0 Å². The molecule has 2 rings (SSSR count). The SMILES string of the molecule is CC(CNC1CCCC(N)C1)N(C)C1CC1. The van der Waals surface area contributed by atoms with Crippen LogP contribution < -0.4 is 11.1 Å². The molecule has 0 aromatic rings. The molecular formula is C13H27N3. The molecule has 94 valence electrons. The van der Waals surface area contributed by atoms with Gasteiger partial charge in [-0.25, -0.2) is 0 Å². The van der Waals surface area contributed by atoms with Crippen LogP contribution in [0.3, 0.4) is 0 Å². The minimum atomic E-state index is 0.433. The second-order valence-electron chi connectivity index (χ2n) is 5.78. The number of nitrogens with two attached hydrogens (primary N) is 1. The summed E-state index contributed by atoms with van der Waals surface area (Å²) in [5.74, 6) is 0. The lowest BCUT2D eigenvalue weighted by molar-refractivity contribution is 0.226. The molecule has 3 nitrogen and oxygen atoms in total. The third-order valence-corrected chi connectivity index (χ3v) is 4.23. The number of nitrogens with zero attached hydrogens (tertiary/aromatic N) is 1. The van der Waals surface area contributed by atoms with Crippen molar-refractivity contribution >= 4 is 0 Å². The van der Waals surface area contributed by atoms with Crippen molar-refractivity contribution in [2.75, 3.05) is 13.6 Å². The van der Waals surface area contributed by atoms with Gasteiger partial charge in [-0.2, -0.15) is 0 Å². The van der Waals surface area contributed by atoms with Gasteiger partial charge in [0.1, 0.15) is 0 Å². The maximum atomic E-state index is 6.00. The summed E-state index contributed by atoms with van der Waals surface area (Å²) in [6.07, 6.45) is 7.79. The third-order valence-electron chi connectivity index (χ3n) is 4.23. The number of nitrogens with one attached hydrogen (secondary N) is 1. The maximum Gasteiger partial charge on any atom is 0.0192 e. The van der Waals surface area contributed by atoms with Gasteiger partial charge in [0.15, 0.2) is 0 Å². The Morgan fingerprint density at radius 1 is 1.31 bits per heavy atom. The summed E-state index contributed by atoms with van der Waals surface area (Å²) in [7, 11) is 2.26. The molecule has 0 aromatic carbocycles. The monoisotopic (exact) mass is 225 g/mol. The Hall–Kier alpha value is -0.120. The number of rotatable bonds is 5. The van der Waals surface area contributed by atoms with Crippen molar-refractivity contribution < 1.29 is 0 Å². The van der Waals surface area contributed by atoms with E-state index in [1.807, 2.05) is 0 Å². The van der Waals surface area contributed by atoms with Crippen LogP contribution in [-0.4, -0.2) is 42.7 Å². The average molecular weight is 225 g/mol. The maximum absolute atomic E-state index is 6.00. The van der Waals surface area contributed by atoms with E-state index in [9.17, 15) is 0 Å². The van der Waals surface area contributed by atoms with Gasteiger partial charge >= 0.3 is 0 Å². The molecule has 3 N–H and O–H groups in total. The lowest BCUT2D eigenvalue weighted by Gasteiger charge is -2.31. The van der Waals surface area contributed by atoms with Crippen LogP contribution in [-0.2, 0) is 0 Å². The Morgan fingerprint density at radius 2 is 2.06 bits per heavy atom.